The number of benzene rings is 2. The summed E-state index contributed by atoms with van der Waals surface area (Å²) in [7, 11) is -2.53. The van der Waals surface area contributed by atoms with Crippen molar-refractivity contribution in [3.05, 3.63) is 69.8 Å². The van der Waals surface area contributed by atoms with E-state index in [1.54, 1.807) is 36.4 Å². The van der Waals surface area contributed by atoms with Gasteiger partial charge in [0.05, 0.1) is 12.0 Å². The van der Waals surface area contributed by atoms with Crippen molar-refractivity contribution in [1.82, 2.24) is 4.72 Å². The van der Waals surface area contributed by atoms with Crippen LogP contribution in [-0.4, -0.2) is 27.0 Å². The quantitative estimate of drug-likeness (QED) is 0.601. The highest BCUT2D eigenvalue weighted by Crippen LogP contribution is 2.31. The van der Waals surface area contributed by atoms with Crippen molar-refractivity contribution < 1.29 is 18.1 Å². The van der Waals surface area contributed by atoms with Crippen LogP contribution in [0.3, 0.4) is 0 Å². The highest BCUT2D eigenvalue weighted by Gasteiger charge is 2.39. The van der Waals surface area contributed by atoms with Gasteiger partial charge in [-0.15, -0.1) is 0 Å². The van der Waals surface area contributed by atoms with E-state index in [0.717, 1.165) is 5.56 Å². The van der Waals surface area contributed by atoms with Crippen LogP contribution in [0.25, 0.3) is 0 Å². The van der Waals surface area contributed by atoms with Crippen LogP contribution >= 0.6 is 0 Å². The number of hydrogen-bond donors (Lipinski definition) is 1. The van der Waals surface area contributed by atoms with Crippen molar-refractivity contribution in [2.75, 3.05) is 13.7 Å². The van der Waals surface area contributed by atoms with Crippen LogP contribution in [0.15, 0.2) is 53.4 Å². The van der Waals surface area contributed by atoms with E-state index in [-0.39, 0.29) is 4.90 Å². The Morgan fingerprint density at radius 1 is 1.16 bits per heavy atom. The van der Waals surface area contributed by atoms with Crippen LogP contribution in [0.5, 0.6) is 5.75 Å². The van der Waals surface area contributed by atoms with Crippen molar-refractivity contribution in [2.24, 2.45) is 0 Å². The minimum absolute atomic E-state index is 0.0440. The summed E-state index contributed by atoms with van der Waals surface area (Å²) in [6.45, 7) is 2.69. The fraction of sp³-hybridized carbons (Fsp3) is 0.294. The zero-order valence-corrected chi connectivity index (χ0v) is 15.0. The molecule has 0 bridgehead atoms. The predicted molar refractivity (Wildman–Crippen MR) is 93.7 cm³/mol. The number of para-hydroxylation sites is 1. The Balaban J connectivity index is 2.50. The maximum absolute atomic E-state index is 12.7. The number of ether oxygens (including phenoxy) is 1. The summed E-state index contributed by atoms with van der Waals surface area (Å²) in [6.07, 6.45) is 0. The largest absolute Gasteiger partial charge is 0.496 e. The average Bonchev–Trinajstić information content (AvgIpc) is 2.54. The molecule has 1 N–H and O–H groups in total. The van der Waals surface area contributed by atoms with Gasteiger partial charge >= 0.3 is 0 Å². The molecule has 0 saturated carbocycles. The molecule has 0 aliphatic heterocycles. The van der Waals surface area contributed by atoms with E-state index in [1.807, 2.05) is 6.92 Å². The third-order valence-electron chi connectivity index (χ3n) is 3.84. The molecule has 0 aliphatic rings. The van der Waals surface area contributed by atoms with Crippen molar-refractivity contribution in [1.29, 1.82) is 0 Å². The van der Waals surface area contributed by atoms with E-state index in [2.05, 4.69) is 4.72 Å². The zero-order chi connectivity index (χ0) is 18.7. The molecule has 0 unspecified atom stereocenters. The normalized spacial score (nSPS) is 13.9. The Morgan fingerprint density at radius 2 is 1.76 bits per heavy atom. The number of hydrogen-bond acceptors (Lipinski definition) is 5. The van der Waals surface area contributed by atoms with Crippen LogP contribution in [0, 0.1) is 17.0 Å². The molecule has 0 heterocycles. The molecule has 8 heteroatoms. The third kappa shape index (κ3) is 4.34. The van der Waals surface area contributed by atoms with E-state index < -0.39 is 27.0 Å². The Labute approximate surface area is 146 Å². The van der Waals surface area contributed by atoms with Crippen molar-refractivity contribution in [3.8, 4) is 5.75 Å². The van der Waals surface area contributed by atoms with Gasteiger partial charge in [0.15, 0.2) is 0 Å². The lowest BCUT2D eigenvalue weighted by atomic mass is 9.92. The lowest BCUT2D eigenvalue weighted by Crippen LogP contribution is -2.48. The van der Waals surface area contributed by atoms with Crippen LogP contribution < -0.4 is 9.46 Å². The molecular formula is C17H20N2O5S. The Bertz CT molecular complexity index is 865. The number of rotatable bonds is 7. The third-order valence-corrected chi connectivity index (χ3v) is 5.45. The molecule has 7 nitrogen and oxygen atoms in total. The van der Waals surface area contributed by atoms with E-state index in [9.17, 15) is 18.5 Å². The number of methoxy groups -OCH3 is 1. The number of nitro groups is 1. The smallest absolute Gasteiger partial charge is 0.241 e. The fourth-order valence-corrected chi connectivity index (χ4v) is 3.98. The van der Waals surface area contributed by atoms with Gasteiger partial charge in [0.25, 0.3) is 0 Å². The summed E-state index contributed by atoms with van der Waals surface area (Å²) in [4.78, 5) is 10.7. The summed E-state index contributed by atoms with van der Waals surface area (Å²) in [5.41, 5.74) is -0.165. The second-order valence-electron chi connectivity index (χ2n) is 5.94. The first kappa shape index (κ1) is 18.9. The number of nitrogens with one attached hydrogen (secondary N) is 1. The summed E-state index contributed by atoms with van der Waals surface area (Å²) in [5, 5.41) is 11.2. The number of sulfonamides is 1. The highest BCUT2D eigenvalue weighted by atomic mass is 32.2. The predicted octanol–water partition coefficient (Wildman–Crippen LogP) is 2.47. The highest BCUT2D eigenvalue weighted by molar-refractivity contribution is 7.89. The van der Waals surface area contributed by atoms with E-state index in [1.165, 1.54) is 26.2 Å². The first-order valence-electron chi connectivity index (χ1n) is 7.54. The fourth-order valence-electron chi connectivity index (χ4n) is 2.60. The van der Waals surface area contributed by atoms with Crippen molar-refractivity contribution >= 4 is 10.0 Å². The van der Waals surface area contributed by atoms with Gasteiger partial charge in [-0.25, -0.2) is 8.42 Å². The minimum Gasteiger partial charge on any atom is -0.496 e. The molecule has 0 aromatic heterocycles. The van der Waals surface area contributed by atoms with Gasteiger partial charge in [-0.2, -0.15) is 4.72 Å². The van der Waals surface area contributed by atoms with Gasteiger partial charge in [-0.05, 0) is 32.0 Å². The van der Waals surface area contributed by atoms with Crippen molar-refractivity contribution in [3.63, 3.8) is 0 Å². The second kappa shape index (κ2) is 7.20. The lowest BCUT2D eigenvalue weighted by molar-refractivity contribution is -0.490. The summed E-state index contributed by atoms with van der Waals surface area (Å²) >= 11 is 0. The SMILES string of the molecule is COc1ccccc1[C@@](C)(C[N+](=O)[O-])NS(=O)(=O)c1ccc(C)cc1. The molecule has 0 spiro atoms. The molecule has 0 fully saturated rings. The van der Waals surface area contributed by atoms with Crippen LogP contribution in [0.2, 0.25) is 0 Å². The molecule has 0 aliphatic carbocycles. The minimum atomic E-state index is -3.96. The van der Waals surface area contributed by atoms with Gasteiger partial charge in [-0.3, -0.25) is 10.1 Å². The van der Waals surface area contributed by atoms with Crippen LogP contribution in [-0.2, 0) is 15.6 Å². The van der Waals surface area contributed by atoms with Gasteiger partial charge in [0, 0.05) is 10.5 Å². The zero-order valence-electron chi connectivity index (χ0n) is 14.2. The van der Waals surface area contributed by atoms with Gasteiger partial charge in [0.2, 0.25) is 16.6 Å². The average molecular weight is 364 g/mol. The number of aryl methyl sites for hydroxylation is 1. The molecule has 0 saturated heterocycles. The molecular weight excluding hydrogens is 344 g/mol. The standard InChI is InChI=1S/C17H20N2O5S/c1-13-8-10-14(11-9-13)25(22,23)18-17(2,12-19(20)21)15-6-4-5-7-16(15)24-3/h4-11,18H,12H2,1-3H3/t17-/m1/s1. The number of nitrogens with zero attached hydrogens (tertiary/aromatic N) is 1. The van der Waals surface area contributed by atoms with Gasteiger partial charge in [-0.1, -0.05) is 35.9 Å². The summed E-state index contributed by atoms with van der Waals surface area (Å²) in [5.74, 6) is 0.374. The summed E-state index contributed by atoms with van der Waals surface area (Å²) < 4.78 is 33.2. The molecule has 2 aromatic rings. The molecule has 134 valence electrons. The first-order chi connectivity index (χ1) is 11.7. The lowest BCUT2D eigenvalue weighted by Gasteiger charge is -2.28. The maximum atomic E-state index is 12.7. The Morgan fingerprint density at radius 3 is 2.32 bits per heavy atom. The van der Waals surface area contributed by atoms with E-state index in [0.29, 0.717) is 11.3 Å². The van der Waals surface area contributed by atoms with Gasteiger partial charge < -0.3 is 4.74 Å². The molecule has 2 aromatic carbocycles. The Hall–Kier alpha value is -2.45. The molecule has 25 heavy (non-hydrogen) atoms. The van der Waals surface area contributed by atoms with Crippen molar-refractivity contribution in [2.45, 2.75) is 24.3 Å². The van der Waals surface area contributed by atoms with Gasteiger partial charge in [0.1, 0.15) is 11.3 Å². The molecule has 0 radical (unpaired) electrons. The monoisotopic (exact) mass is 364 g/mol. The van der Waals surface area contributed by atoms with Crippen LogP contribution in [0.4, 0.5) is 0 Å². The topological polar surface area (TPSA) is 98.5 Å². The van der Waals surface area contributed by atoms with Crippen LogP contribution in [0.1, 0.15) is 18.1 Å². The second-order valence-corrected chi connectivity index (χ2v) is 7.62. The molecule has 0 amide bonds. The van der Waals surface area contributed by atoms with E-state index in [4.69, 9.17) is 4.74 Å². The molecule has 1 atom stereocenters. The summed E-state index contributed by atoms with van der Waals surface area (Å²) in [6, 6.07) is 12.9. The Kier molecular flexibility index (Phi) is 5.44. The van der Waals surface area contributed by atoms with E-state index >= 15 is 0 Å². The maximum Gasteiger partial charge on any atom is 0.241 e. The first-order valence-corrected chi connectivity index (χ1v) is 9.02. The molecule has 2 rings (SSSR count).